The number of anilines is 1. The highest BCUT2D eigenvalue weighted by molar-refractivity contribution is 5.78. The molecule has 4 heteroatoms. The molecule has 0 aliphatic carbocycles. The minimum atomic E-state index is 0.104. The van der Waals surface area contributed by atoms with E-state index >= 15 is 0 Å². The topological polar surface area (TPSA) is 49.6 Å². The first-order chi connectivity index (χ1) is 10.2. The molecule has 0 atom stereocenters. The van der Waals surface area contributed by atoms with Crippen molar-refractivity contribution in [3.8, 4) is 0 Å². The second-order valence-electron chi connectivity index (χ2n) is 5.32. The van der Waals surface area contributed by atoms with Crippen LogP contribution in [0, 0.1) is 0 Å². The number of hydrogen-bond acceptors (Lipinski definition) is 3. The number of nitrogens with two attached hydrogens (primary N) is 1. The number of carbonyl (C=O) groups excluding carboxylic acids is 1. The van der Waals surface area contributed by atoms with Crippen molar-refractivity contribution in [2.75, 3.05) is 31.9 Å². The fraction of sp³-hybridized carbons (Fsp3) is 0.353. The van der Waals surface area contributed by atoms with Crippen molar-refractivity contribution in [3.05, 3.63) is 54.6 Å². The van der Waals surface area contributed by atoms with E-state index in [4.69, 9.17) is 5.73 Å². The van der Waals surface area contributed by atoms with Gasteiger partial charge in [0.25, 0.3) is 0 Å². The Morgan fingerprint density at radius 3 is 2.71 bits per heavy atom. The van der Waals surface area contributed by atoms with E-state index in [9.17, 15) is 4.79 Å². The second-order valence-corrected chi connectivity index (χ2v) is 5.32. The lowest BCUT2D eigenvalue weighted by molar-refractivity contribution is -0.131. The monoisotopic (exact) mass is 285 g/mol. The van der Waals surface area contributed by atoms with Crippen LogP contribution in [0.2, 0.25) is 0 Å². The normalized spacial score (nSPS) is 14.3. The van der Waals surface area contributed by atoms with Gasteiger partial charge in [-0.15, -0.1) is 13.2 Å². The third kappa shape index (κ3) is 3.73. The van der Waals surface area contributed by atoms with E-state index in [1.165, 1.54) is 5.56 Å². The number of rotatable bonds is 6. The molecule has 0 bridgehead atoms. The van der Waals surface area contributed by atoms with Gasteiger partial charge < -0.3 is 10.6 Å². The van der Waals surface area contributed by atoms with E-state index in [1.54, 1.807) is 17.1 Å². The standard InChI is InChI=1S/C17H23N3O/c1-3-9-20(10-4-2)17(21)13-19-11-8-14-6-5-7-16(18)15(14)12-19/h3-7H,1-2,8-13,18H2. The molecule has 0 aromatic heterocycles. The Bertz CT molecular complexity index is 529. The molecule has 0 saturated heterocycles. The molecule has 1 aromatic rings. The molecule has 0 fully saturated rings. The van der Waals surface area contributed by atoms with Gasteiger partial charge in [-0.25, -0.2) is 0 Å². The van der Waals surface area contributed by atoms with Crippen LogP contribution in [0.5, 0.6) is 0 Å². The van der Waals surface area contributed by atoms with Crippen molar-refractivity contribution in [3.63, 3.8) is 0 Å². The van der Waals surface area contributed by atoms with Gasteiger partial charge in [0.1, 0.15) is 0 Å². The Morgan fingerprint density at radius 1 is 1.33 bits per heavy atom. The zero-order valence-electron chi connectivity index (χ0n) is 12.4. The molecule has 2 N–H and O–H groups in total. The summed E-state index contributed by atoms with van der Waals surface area (Å²) in [4.78, 5) is 16.3. The van der Waals surface area contributed by atoms with E-state index in [0.29, 0.717) is 19.6 Å². The molecule has 0 radical (unpaired) electrons. The molecule has 0 spiro atoms. The van der Waals surface area contributed by atoms with E-state index in [-0.39, 0.29) is 5.91 Å². The Morgan fingerprint density at radius 2 is 2.05 bits per heavy atom. The molecular formula is C17H23N3O. The van der Waals surface area contributed by atoms with Crippen LogP contribution in [0.4, 0.5) is 5.69 Å². The molecule has 0 saturated carbocycles. The first kappa shape index (κ1) is 15.3. The van der Waals surface area contributed by atoms with Crippen molar-refractivity contribution in [2.45, 2.75) is 13.0 Å². The van der Waals surface area contributed by atoms with Crippen molar-refractivity contribution in [2.24, 2.45) is 0 Å². The molecular weight excluding hydrogens is 262 g/mol. The van der Waals surface area contributed by atoms with Gasteiger partial charge in [0.05, 0.1) is 6.54 Å². The summed E-state index contributed by atoms with van der Waals surface area (Å²) in [6, 6.07) is 6.03. The Labute approximate surface area is 126 Å². The molecule has 1 aliphatic rings. The summed E-state index contributed by atoms with van der Waals surface area (Å²) in [5, 5.41) is 0. The first-order valence-corrected chi connectivity index (χ1v) is 7.24. The SMILES string of the molecule is C=CCN(CC=C)C(=O)CN1CCc2cccc(N)c2C1. The van der Waals surface area contributed by atoms with Crippen LogP contribution >= 0.6 is 0 Å². The molecule has 1 heterocycles. The smallest absolute Gasteiger partial charge is 0.237 e. The van der Waals surface area contributed by atoms with Crippen LogP contribution in [0.25, 0.3) is 0 Å². The maximum atomic E-state index is 12.3. The molecule has 0 unspecified atom stereocenters. The van der Waals surface area contributed by atoms with Crippen molar-refractivity contribution in [1.82, 2.24) is 9.80 Å². The predicted molar refractivity (Wildman–Crippen MR) is 86.8 cm³/mol. The number of nitrogens with zero attached hydrogens (tertiary/aromatic N) is 2. The van der Waals surface area contributed by atoms with Gasteiger partial charge in [-0.05, 0) is 23.6 Å². The maximum absolute atomic E-state index is 12.3. The number of amides is 1. The molecule has 1 aliphatic heterocycles. The second kappa shape index (κ2) is 7.09. The fourth-order valence-electron chi connectivity index (χ4n) is 2.68. The predicted octanol–water partition coefficient (Wildman–Crippen LogP) is 1.83. The summed E-state index contributed by atoms with van der Waals surface area (Å²) in [6.07, 6.45) is 4.42. The third-order valence-electron chi connectivity index (χ3n) is 3.80. The lowest BCUT2D eigenvalue weighted by Gasteiger charge is -2.31. The Balaban J connectivity index is 2.01. The summed E-state index contributed by atoms with van der Waals surface area (Å²) >= 11 is 0. The van der Waals surface area contributed by atoms with Gasteiger partial charge >= 0.3 is 0 Å². The summed E-state index contributed by atoms with van der Waals surface area (Å²) in [7, 11) is 0. The highest BCUT2D eigenvalue weighted by Crippen LogP contribution is 2.24. The third-order valence-corrected chi connectivity index (χ3v) is 3.80. The quantitative estimate of drug-likeness (QED) is 0.641. The summed E-state index contributed by atoms with van der Waals surface area (Å²) < 4.78 is 0. The molecule has 2 rings (SSSR count). The van der Waals surface area contributed by atoms with Crippen LogP contribution in [0.1, 0.15) is 11.1 Å². The Hall–Kier alpha value is -2.07. The van der Waals surface area contributed by atoms with Gasteiger partial charge in [-0.1, -0.05) is 24.3 Å². The van der Waals surface area contributed by atoms with Gasteiger partial charge in [-0.3, -0.25) is 9.69 Å². The van der Waals surface area contributed by atoms with Crippen molar-refractivity contribution in [1.29, 1.82) is 0 Å². The largest absolute Gasteiger partial charge is 0.398 e. The zero-order chi connectivity index (χ0) is 15.2. The highest BCUT2D eigenvalue weighted by atomic mass is 16.2. The highest BCUT2D eigenvalue weighted by Gasteiger charge is 2.21. The van der Waals surface area contributed by atoms with Gasteiger partial charge in [0, 0.05) is 31.9 Å². The van der Waals surface area contributed by atoms with E-state index in [2.05, 4.69) is 24.1 Å². The van der Waals surface area contributed by atoms with Crippen LogP contribution in [0.3, 0.4) is 0 Å². The first-order valence-electron chi connectivity index (χ1n) is 7.24. The van der Waals surface area contributed by atoms with Crippen LogP contribution < -0.4 is 5.73 Å². The summed E-state index contributed by atoms with van der Waals surface area (Å²) in [5.74, 6) is 0.104. The van der Waals surface area contributed by atoms with Gasteiger partial charge in [0.15, 0.2) is 0 Å². The van der Waals surface area contributed by atoms with E-state index < -0.39 is 0 Å². The van der Waals surface area contributed by atoms with E-state index in [0.717, 1.165) is 30.8 Å². The van der Waals surface area contributed by atoms with Crippen molar-refractivity contribution < 1.29 is 4.79 Å². The zero-order valence-corrected chi connectivity index (χ0v) is 12.4. The number of carbonyl (C=O) groups is 1. The maximum Gasteiger partial charge on any atom is 0.237 e. The lowest BCUT2D eigenvalue weighted by Crippen LogP contribution is -2.42. The summed E-state index contributed by atoms with van der Waals surface area (Å²) in [6.45, 7) is 10.5. The van der Waals surface area contributed by atoms with E-state index in [1.807, 2.05) is 12.1 Å². The minimum absolute atomic E-state index is 0.104. The lowest BCUT2D eigenvalue weighted by atomic mass is 9.98. The fourth-order valence-corrected chi connectivity index (χ4v) is 2.68. The number of fused-ring (bicyclic) bond motifs is 1. The van der Waals surface area contributed by atoms with Crippen LogP contribution in [-0.4, -0.2) is 41.9 Å². The Kier molecular flexibility index (Phi) is 5.17. The minimum Gasteiger partial charge on any atom is -0.398 e. The molecule has 4 nitrogen and oxygen atoms in total. The van der Waals surface area contributed by atoms with Crippen LogP contribution in [-0.2, 0) is 17.8 Å². The van der Waals surface area contributed by atoms with Gasteiger partial charge in [0.2, 0.25) is 5.91 Å². The molecule has 1 amide bonds. The number of nitrogen functional groups attached to an aromatic ring is 1. The number of hydrogen-bond donors (Lipinski definition) is 1. The average Bonchev–Trinajstić information content (AvgIpc) is 2.48. The molecule has 1 aromatic carbocycles. The molecule has 21 heavy (non-hydrogen) atoms. The van der Waals surface area contributed by atoms with Crippen molar-refractivity contribution >= 4 is 11.6 Å². The summed E-state index contributed by atoms with van der Waals surface area (Å²) in [5.41, 5.74) is 9.32. The van der Waals surface area contributed by atoms with Gasteiger partial charge in [-0.2, -0.15) is 0 Å². The van der Waals surface area contributed by atoms with Crippen LogP contribution in [0.15, 0.2) is 43.5 Å². The average molecular weight is 285 g/mol. The molecule has 112 valence electrons. The number of benzene rings is 1.